The quantitative estimate of drug-likeness (QED) is 0.452. The fourth-order valence-corrected chi connectivity index (χ4v) is 3.12. The van der Waals surface area contributed by atoms with Crippen LogP contribution in [0.5, 0.6) is 0 Å². The maximum Gasteiger partial charge on any atom is 0.128 e. The number of unbranched alkanes of at least 4 members (excludes halogenated alkanes) is 1. The summed E-state index contributed by atoms with van der Waals surface area (Å²) in [6, 6.07) is 5.84. The summed E-state index contributed by atoms with van der Waals surface area (Å²) >= 11 is 0. The lowest BCUT2D eigenvalue weighted by atomic mass is 10.2. The molecule has 0 aromatic carbocycles. The van der Waals surface area contributed by atoms with Gasteiger partial charge in [0.15, 0.2) is 0 Å². The van der Waals surface area contributed by atoms with E-state index in [4.69, 9.17) is 5.73 Å². The lowest BCUT2D eigenvalue weighted by Crippen LogP contribution is -2.26. The van der Waals surface area contributed by atoms with Crippen LogP contribution in [-0.4, -0.2) is 33.3 Å². The molecule has 0 bridgehead atoms. The van der Waals surface area contributed by atoms with Crippen LogP contribution in [0.15, 0.2) is 49.6 Å². The van der Waals surface area contributed by atoms with E-state index in [1.165, 1.54) is 6.42 Å². The Bertz CT molecular complexity index is 1060. The van der Waals surface area contributed by atoms with Crippen molar-refractivity contribution in [2.75, 3.05) is 29.0 Å². The molecular weight excluding hydrogens is 386 g/mol. The smallest absolute Gasteiger partial charge is 0.128 e. The lowest BCUT2D eigenvalue weighted by Gasteiger charge is -2.23. The number of nitrogens with two attached hydrogens (primary N) is 1. The molecule has 4 N–H and O–H groups in total. The summed E-state index contributed by atoms with van der Waals surface area (Å²) in [7, 11) is 0. The first-order valence-corrected chi connectivity index (χ1v) is 10.5. The van der Waals surface area contributed by atoms with Crippen LogP contribution >= 0.6 is 0 Å². The summed E-state index contributed by atoms with van der Waals surface area (Å²) in [5.74, 6) is 7.15. The van der Waals surface area contributed by atoms with Crippen molar-refractivity contribution < 1.29 is 0 Å². The highest BCUT2D eigenvalue weighted by molar-refractivity contribution is 5.76. The number of rotatable bonds is 9. The van der Waals surface area contributed by atoms with Gasteiger partial charge in [-0.1, -0.05) is 38.7 Å². The molecule has 31 heavy (non-hydrogen) atoms. The third-order valence-electron chi connectivity index (χ3n) is 4.68. The van der Waals surface area contributed by atoms with Gasteiger partial charge in [0, 0.05) is 31.0 Å². The Hall–Kier alpha value is -3.79. The Morgan fingerprint density at radius 3 is 2.71 bits per heavy atom. The van der Waals surface area contributed by atoms with Gasteiger partial charge < -0.3 is 16.0 Å². The average molecular weight is 416 g/mol. The van der Waals surface area contributed by atoms with Crippen molar-refractivity contribution in [1.82, 2.24) is 20.2 Å². The second-order valence-electron chi connectivity index (χ2n) is 7.26. The highest BCUT2D eigenvalue weighted by Gasteiger charge is 2.09. The number of anilines is 3. The summed E-state index contributed by atoms with van der Waals surface area (Å²) < 4.78 is 0. The number of aromatic amines is 1. The van der Waals surface area contributed by atoms with E-state index in [0.717, 1.165) is 54.3 Å². The van der Waals surface area contributed by atoms with Gasteiger partial charge in [-0.05, 0) is 31.0 Å². The molecule has 160 valence electrons. The maximum absolute atomic E-state index is 5.76. The number of aromatic nitrogens is 4. The molecule has 0 saturated carbocycles. The fraction of sp³-hybridized carbons (Fsp3) is 0.292. The van der Waals surface area contributed by atoms with Gasteiger partial charge in [0.25, 0.3) is 0 Å². The number of hydrogen-bond acceptors (Lipinski definition) is 6. The first-order valence-electron chi connectivity index (χ1n) is 10.5. The van der Waals surface area contributed by atoms with Crippen LogP contribution < -0.4 is 16.0 Å². The van der Waals surface area contributed by atoms with Crippen LogP contribution in [0.25, 0.3) is 5.70 Å². The van der Waals surface area contributed by atoms with E-state index in [1.54, 1.807) is 24.7 Å². The van der Waals surface area contributed by atoms with Crippen LogP contribution in [0.4, 0.5) is 17.2 Å². The van der Waals surface area contributed by atoms with Crippen LogP contribution in [0.3, 0.4) is 0 Å². The van der Waals surface area contributed by atoms with E-state index in [2.05, 4.69) is 62.6 Å². The zero-order valence-corrected chi connectivity index (χ0v) is 18.2. The molecule has 3 aromatic heterocycles. The molecule has 7 nitrogen and oxygen atoms in total. The third kappa shape index (κ3) is 6.09. The number of nitrogens with one attached hydrogen (secondary N) is 2. The lowest BCUT2D eigenvalue weighted by molar-refractivity contribution is 0.696. The predicted molar refractivity (Wildman–Crippen MR) is 128 cm³/mol. The Morgan fingerprint density at radius 1 is 1.13 bits per heavy atom. The SMILES string of the molecule is C=C(Nc1ccc(N(CCC)CCCC)nc1)c1[nH]ncc1C#Cc1cncc(N)c1. The van der Waals surface area contributed by atoms with Gasteiger partial charge in [-0.25, -0.2) is 4.98 Å². The molecule has 0 spiro atoms. The number of nitrogens with zero attached hydrogens (tertiary/aromatic N) is 4. The molecule has 3 aromatic rings. The summed E-state index contributed by atoms with van der Waals surface area (Å²) in [6.45, 7) is 10.5. The molecule has 3 heterocycles. The summed E-state index contributed by atoms with van der Waals surface area (Å²) in [6.07, 6.45) is 10.2. The largest absolute Gasteiger partial charge is 0.397 e. The maximum atomic E-state index is 5.76. The second-order valence-corrected chi connectivity index (χ2v) is 7.26. The Labute approximate surface area is 183 Å². The highest BCUT2D eigenvalue weighted by Crippen LogP contribution is 2.20. The molecular formula is C24H29N7. The molecule has 0 radical (unpaired) electrons. The van der Waals surface area contributed by atoms with Crippen LogP contribution in [0, 0.1) is 11.8 Å². The van der Waals surface area contributed by atoms with E-state index in [0.29, 0.717) is 11.4 Å². The van der Waals surface area contributed by atoms with E-state index in [-0.39, 0.29) is 0 Å². The van der Waals surface area contributed by atoms with Crippen LogP contribution in [0.1, 0.15) is 49.9 Å². The molecule has 0 saturated heterocycles. The van der Waals surface area contributed by atoms with Gasteiger partial charge in [-0.15, -0.1) is 0 Å². The normalized spacial score (nSPS) is 10.3. The van der Waals surface area contributed by atoms with Crippen molar-refractivity contribution in [3.05, 3.63) is 66.4 Å². The van der Waals surface area contributed by atoms with E-state index < -0.39 is 0 Å². The van der Waals surface area contributed by atoms with Gasteiger partial charge in [-0.2, -0.15) is 5.10 Å². The van der Waals surface area contributed by atoms with Crippen molar-refractivity contribution in [2.24, 2.45) is 0 Å². The van der Waals surface area contributed by atoms with Crippen LogP contribution in [-0.2, 0) is 0 Å². The number of hydrogen-bond donors (Lipinski definition) is 3. The van der Waals surface area contributed by atoms with Gasteiger partial charge >= 0.3 is 0 Å². The van der Waals surface area contributed by atoms with Crippen molar-refractivity contribution in [3.8, 4) is 11.8 Å². The average Bonchev–Trinajstić information content (AvgIpc) is 3.25. The molecule has 0 atom stereocenters. The van der Waals surface area contributed by atoms with Gasteiger partial charge in [0.2, 0.25) is 0 Å². The van der Waals surface area contributed by atoms with Gasteiger partial charge in [0.1, 0.15) is 5.82 Å². The zero-order valence-electron chi connectivity index (χ0n) is 18.2. The molecule has 0 unspecified atom stereocenters. The molecule has 7 heteroatoms. The number of H-pyrrole nitrogens is 1. The Morgan fingerprint density at radius 2 is 2.00 bits per heavy atom. The monoisotopic (exact) mass is 415 g/mol. The van der Waals surface area contributed by atoms with E-state index in [9.17, 15) is 0 Å². The molecule has 0 aliphatic rings. The van der Waals surface area contributed by atoms with E-state index >= 15 is 0 Å². The first kappa shape index (κ1) is 21.9. The standard InChI is InChI=1S/C24H29N7/c1-4-6-12-31(11-5-2)23-10-9-22(17-27-23)29-18(3)24-20(15-28-30-24)8-7-19-13-21(25)16-26-14-19/h9-10,13-17,29H,3-6,11-12,25H2,1-2H3,(H,28,30). The minimum absolute atomic E-state index is 0.577. The predicted octanol–water partition coefficient (Wildman–Crippen LogP) is 4.28. The number of pyridine rings is 2. The summed E-state index contributed by atoms with van der Waals surface area (Å²) in [5, 5.41) is 10.4. The molecule has 0 aliphatic carbocycles. The molecule has 0 amide bonds. The highest BCUT2D eigenvalue weighted by atomic mass is 15.2. The van der Waals surface area contributed by atoms with Gasteiger partial charge in [-0.3, -0.25) is 10.1 Å². The topological polar surface area (TPSA) is 95.8 Å². The third-order valence-corrected chi connectivity index (χ3v) is 4.68. The minimum Gasteiger partial charge on any atom is -0.397 e. The van der Waals surface area contributed by atoms with Crippen molar-refractivity contribution in [1.29, 1.82) is 0 Å². The van der Waals surface area contributed by atoms with Gasteiger partial charge in [0.05, 0.1) is 40.7 Å². The molecule has 0 aliphatic heterocycles. The van der Waals surface area contributed by atoms with Crippen molar-refractivity contribution in [2.45, 2.75) is 33.1 Å². The molecule has 3 rings (SSSR count). The molecule has 0 fully saturated rings. The Kier molecular flexibility index (Phi) is 7.66. The van der Waals surface area contributed by atoms with Crippen LogP contribution in [0.2, 0.25) is 0 Å². The second kappa shape index (κ2) is 10.8. The summed E-state index contributed by atoms with van der Waals surface area (Å²) in [5.41, 5.74) is 10.1. The number of nitrogen functional groups attached to an aromatic ring is 1. The van der Waals surface area contributed by atoms with E-state index in [1.807, 2.05) is 18.3 Å². The Balaban J connectivity index is 1.69. The summed E-state index contributed by atoms with van der Waals surface area (Å²) in [4.78, 5) is 11.0. The van der Waals surface area contributed by atoms with Crippen molar-refractivity contribution in [3.63, 3.8) is 0 Å². The van der Waals surface area contributed by atoms with Crippen molar-refractivity contribution >= 4 is 22.9 Å². The minimum atomic E-state index is 0.577. The zero-order chi connectivity index (χ0) is 22.1. The first-order chi connectivity index (χ1) is 15.1. The fourth-order valence-electron chi connectivity index (χ4n) is 3.12.